The van der Waals surface area contributed by atoms with Gasteiger partial charge < -0.3 is 9.52 Å². The van der Waals surface area contributed by atoms with E-state index in [4.69, 9.17) is 0 Å². The van der Waals surface area contributed by atoms with Gasteiger partial charge in [0.25, 0.3) is 0 Å². The molecule has 1 heterocycles. The van der Waals surface area contributed by atoms with E-state index in [-0.39, 0.29) is 11.6 Å². The van der Waals surface area contributed by atoms with E-state index < -0.39 is 35.1 Å². The van der Waals surface area contributed by atoms with E-state index in [0.29, 0.717) is 12.1 Å². The number of rotatable bonds is 2. The maximum absolute atomic E-state index is 12.7. The molecule has 0 bridgehead atoms. The molecule has 0 radical (unpaired) electrons. The summed E-state index contributed by atoms with van der Waals surface area (Å²) in [5.74, 6) is 0. The van der Waals surface area contributed by atoms with Crippen molar-refractivity contribution in [3.8, 4) is 0 Å². The Bertz CT molecular complexity index is 580. The van der Waals surface area contributed by atoms with E-state index in [1.54, 1.807) is 0 Å². The Labute approximate surface area is 114 Å². The summed E-state index contributed by atoms with van der Waals surface area (Å²) in [7, 11) is 0. The second kappa shape index (κ2) is 5.10. The highest BCUT2D eigenvalue weighted by Crippen LogP contribution is 2.38. The van der Waals surface area contributed by atoms with Gasteiger partial charge in [-0.1, -0.05) is 0 Å². The Morgan fingerprint density at radius 2 is 1.38 bits per heavy atom. The van der Waals surface area contributed by atoms with Crippen LogP contribution in [0.3, 0.4) is 0 Å². The van der Waals surface area contributed by atoms with Crippen LogP contribution in [0.4, 0.5) is 26.3 Å². The molecule has 2 nitrogen and oxygen atoms in total. The van der Waals surface area contributed by atoms with Crippen molar-refractivity contribution in [2.24, 2.45) is 0 Å². The number of aliphatic hydroxyl groups excluding tert-OH is 1. The molecule has 0 fully saturated rings. The van der Waals surface area contributed by atoms with Crippen molar-refractivity contribution in [1.29, 1.82) is 0 Å². The summed E-state index contributed by atoms with van der Waals surface area (Å²) in [4.78, 5) is 0. The van der Waals surface area contributed by atoms with Crippen LogP contribution < -0.4 is 0 Å². The van der Waals surface area contributed by atoms with Gasteiger partial charge in [-0.3, -0.25) is 0 Å². The maximum atomic E-state index is 12.7. The van der Waals surface area contributed by atoms with E-state index in [1.165, 1.54) is 6.07 Å². The Morgan fingerprint density at radius 1 is 0.857 bits per heavy atom. The molecule has 0 saturated heterocycles. The van der Waals surface area contributed by atoms with Crippen molar-refractivity contribution in [2.45, 2.75) is 18.5 Å². The maximum Gasteiger partial charge on any atom is 0.416 e. The van der Waals surface area contributed by atoms with Gasteiger partial charge in [-0.2, -0.15) is 26.3 Å². The molecule has 1 unspecified atom stereocenters. The lowest BCUT2D eigenvalue weighted by Gasteiger charge is -2.16. The SMILES string of the molecule is OC(c1ccoc1)c1cc(C(F)(F)F)cc(C(F)(F)F)c1. The van der Waals surface area contributed by atoms with Gasteiger partial charge in [-0.25, -0.2) is 0 Å². The first-order valence-electron chi connectivity index (χ1n) is 5.58. The summed E-state index contributed by atoms with van der Waals surface area (Å²) >= 11 is 0. The third kappa shape index (κ3) is 3.38. The minimum Gasteiger partial charge on any atom is -0.472 e. The Hall–Kier alpha value is -1.96. The Balaban J connectivity index is 2.55. The minimum atomic E-state index is -4.95. The zero-order chi connectivity index (χ0) is 15.8. The summed E-state index contributed by atoms with van der Waals surface area (Å²) in [6.07, 6.45) is -9.36. The summed E-state index contributed by atoms with van der Waals surface area (Å²) in [5, 5.41) is 9.87. The lowest BCUT2D eigenvalue weighted by atomic mass is 9.98. The normalized spacial score (nSPS) is 14.2. The van der Waals surface area contributed by atoms with Crippen molar-refractivity contribution < 1.29 is 35.9 Å². The second-order valence-electron chi connectivity index (χ2n) is 4.30. The van der Waals surface area contributed by atoms with Crippen molar-refractivity contribution in [3.05, 3.63) is 59.0 Å². The van der Waals surface area contributed by atoms with Crippen LogP contribution in [-0.2, 0) is 12.4 Å². The van der Waals surface area contributed by atoms with Crippen LogP contribution in [0.25, 0.3) is 0 Å². The lowest BCUT2D eigenvalue weighted by molar-refractivity contribution is -0.143. The van der Waals surface area contributed by atoms with Gasteiger partial charge in [-0.05, 0) is 29.8 Å². The molecule has 114 valence electrons. The molecule has 0 spiro atoms. The topological polar surface area (TPSA) is 33.4 Å². The quantitative estimate of drug-likeness (QED) is 0.834. The highest BCUT2D eigenvalue weighted by atomic mass is 19.4. The van der Waals surface area contributed by atoms with E-state index in [1.807, 2.05) is 0 Å². The zero-order valence-corrected chi connectivity index (χ0v) is 10.2. The molecule has 1 aromatic heterocycles. The van der Waals surface area contributed by atoms with E-state index in [0.717, 1.165) is 12.5 Å². The third-order valence-electron chi connectivity index (χ3n) is 2.78. The number of halogens is 6. The van der Waals surface area contributed by atoms with Crippen LogP contribution in [-0.4, -0.2) is 5.11 Å². The van der Waals surface area contributed by atoms with E-state index in [2.05, 4.69) is 4.42 Å². The first-order valence-corrected chi connectivity index (χ1v) is 5.58. The van der Waals surface area contributed by atoms with Gasteiger partial charge in [0, 0.05) is 5.56 Å². The summed E-state index contributed by atoms with van der Waals surface area (Å²) in [6.45, 7) is 0. The fraction of sp³-hybridized carbons (Fsp3) is 0.231. The highest BCUT2D eigenvalue weighted by molar-refractivity contribution is 5.37. The number of furan rings is 1. The van der Waals surface area contributed by atoms with Gasteiger partial charge in [0.1, 0.15) is 6.10 Å². The van der Waals surface area contributed by atoms with Gasteiger partial charge in [0.05, 0.1) is 23.7 Å². The van der Waals surface area contributed by atoms with Crippen molar-refractivity contribution >= 4 is 0 Å². The van der Waals surface area contributed by atoms with Crippen molar-refractivity contribution in [3.63, 3.8) is 0 Å². The molecule has 0 aliphatic heterocycles. The van der Waals surface area contributed by atoms with Crippen molar-refractivity contribution in [2.75, 3.05) is 0 Å². The number of benzene rings is 1. The predicted octanol–water partition coefficient (Wildman–Crippen LogP) is 4.40. The molecule has 0 saturated carbocycles. The van der Waals surface area contributed by atoms with Crippen LogP contribution in [0, 0.1) is 0 Å². The van der Waals surface area contributed by atoms with Gasteiger partial charge in [-0.15, -0.1) is 0 Å². The summed E-state index contributed by atoms with van der Waals surface area (Å²) < 4.78 is 80.7. The van der Waals surface area contributed by atoms with Gasteiger partial charge >= 0.3 is 12.4 Å². The second-order valence-corrected chi connectivity index (χ2v) is 4.30. The Morgan fingerprint density at radius 3 is 1.76 bits per heavy atom. The molecule has 1 aromatic carbocycles. The smallest absolute Gasteiger partial charge is 0.416 e. The van der Waals surface area contributed by atoms with Crippen LogP contribution in [0.5, 0.6) is 0 Å². The predicted molar refractivity (Wildman–Crippen MR) is 59.2 cm³/mol. The van der Waals surface area contributed by atoms with Crippen LogP contribution in [0.15, 0.2) is 41.2 Å². The fourth-order valence-electron chi connectivity index (χ4n) is 1.76. The number of aliphatic hydroxyl groups is 1. The van der Waals surface area contributed by atoms with Crippen LogP contribution in [0.2, 0.25) is 0 Å². The molecule has 1 atom stereocenters. The molecule has 2 rings (SSSR count). The first-order chi connectivity index (χ1) is 9.59. The zero-order valence-electron chi connectivity index (χ0n) is 10.2. The highest BCUT2D eigenvalue weighted by Gasteiger charge is 2.37. The monoisotopic (exact) mass is 310 g/mol. The molecular formula is C13H8F6O2. The fourth-order valence-corrected chi connectivity index (χ4v) is 1.76. The molecule has 8 heteroatoms. The number of hydrogen-bond donors (Lipinski definition) is 1. The van der Waals surface area contributed by atoms with Gasteiger partial charge in [0.2, 0.25) is 0 Å². The van der Waals surface area contributed by atoms with Gasteiger partial charge in [0.15, 0.2) is 0 Å². The molecule has 0 aliphatic rings. The summed E-state index contributed by atoms with van der Waals surface area (Å²) in [6, 6.07) is 2.21. The lowest BCUT2D eigenvalue weighted by Crippen LogP contribution is -2.13. The van der Waals surface area contributed by atoms with E-state index in [9.17, 15) is 31.4 Å². The van der Waals surface area contributed by atoms with Crippen molar-refractivity contribution in [1.82, 2.24) is 0 Å². The number of alkyl halides is 6. The van der Waals surface area contributed by atoms with E-state index >= 15 is 0 Å². The van der Waals surface area contributed by atoms with Crippen LogP contribution >= 0.6 is 0 Å². The largest absolute Gasteiger partial charge is 0.472 e. The first kappa shape index (κ1) is 15.4. The molecule has 2 aromatic rings. The molecule has 0 aliphatic carbocycles. The minimum absolute atomic E-state index is 0.00554. The molecular weight excluding hydrogens is 302 g/mol. The average Bonchev–Trinajstić information content (AvgIpc) is 2.89. The number of hydrogen-bond acceptors (Lipinski definition) is 2. The average molecular weight is 310 g/mol. The summed E-state index contributed by atoms with van der Waals surface area (Å²) in [5.41, 5.74) is -3.41. The molecule has 0 amide bonds. The standard InChI is InChI=1S/C13H8F6O2/c14-12(15,16)9-3-8(4-10(5-9)13(17,18)19)11(20)7-1-2-21-6-7/h1-6,11,20H. The van der Waals surface area contributed by atoms with Crippen LogP contribution in [0.1, 0.15) is 28.4 Å². The molecule has 1 N–H and O–H groups in total. The Kier molecular flexibility index (Phi) is 3.75. The molecule has 21 heavy (non-hydrogen) atoms. The third-order valence-corrected chi connectivity index (χ3v) is 2.78.